The van der Waals surface area contributed by atoms with Crippen LogP contribution in [0.3, 0.4) is 0 Å². The molecule has 0 aromatic heterocycles. The van der Waals surface area contributed by atoms with Crippen LogP contribution in [0.4, 0.5) is 26.3 Å². The molecule has 0 spiro atoms. The van der Waals surface area contributed by atoms with Gasteiger partial charge in [0.05, 0.1) is 5.56 Å². The SMILES string of the molecule is FC(F)(F)Oc1ccccc1-c1ccc(Cl)cc1C(F)(F)F. The predicted molar refractivity (Wildman–Crippen MR) is 68.6 cm³/mol. The minimum Gasteiger partial charge on any atom is -0.405 e. The van der Waals surface area contributed by atoms with E-state index < -0.39 is 29.4 Å². The number of para-hydroxylation sites is 1. The van der Waals surface area contributed by atoms with E-state index in [9.17, 15) is 26.3 Å². The molecular weight excluding hydrogens is 334 g/mol. The summed E-state index contributed by atoms with van der Waals surface area (Å²) in [5.74, 6) is -0.720. The maximum Gasteiger partial charge on any atom is 0.573 e. The summed E-state index contributed by atoms with van der Waals surface area (Å²) in [4.78, 5) is 0. The molecule has 0 aliphatic heterocycles. The topological polar surface area (TPSA) is 9.23 Å². The molecule has 118 valence electrons. The minimum atomic E-state index is -5.01. The fourth-order valence-electron chi connectivity index (χ4n) is 1.89. The Morgan fingerprint density at radius 2 is 1.45 bits per heavy atom. The van der Waals surface area contributed by atoms with Gasteiger partial charge in [-0.1, -0.05) is 35.9 Å². The molecule has 22 heavy (non-hydrogen) atoms. The van der Waals surface area contributed by atoms with E-state index in [0.29, 0.717) is 6.07 Å². The fraction of sp³-hybridized carbons (Fsp3) is 0.143. The van der Waals surface area contributed by atoms with Crippen LogP contribution < -0.4 is 4.74 Å². The summed E-state index contributed by atoms with van der Waals surface area (Å²) in [6, 6.07) is 7.42. The van der Waals surface area contributed by atoms with Crippen LogP contribution in [0.1, 0.15) is 5.56 Å². The number of hydrogen-bond acceptors (Lipinski definition) is 1. The smallest absolute Gasteiger partial charge is 0.405 e. The van der Waals surface area contributed by atoms with Crippen LogP contribution >= 0.6 is 11.6 Å². The van der Waals surface area contributed by atoms with Gasteiger partial charge in [0, 0.05) is 10.6 Å². The molecular formula is C14H7ClF6O. The average molecular weight is 341 g/mol. The third kappa shape index (κ3) is 3.85. The number of ether oxygens (including phenoxy) is 1. The number of halogens is 7. The molecule has 0 saturated carbocycles. The van der Waals surface area contributed by atoms with E-state index in [1.54, 1.807) is 0 Å². The van der Waals surface area contributed by atoms with Crippen molar-refractivity contribution in [3.63, 3.8) is 0 Å². The summed E-state index contributed by atoms with van der Waals surface area (Å²) < 4.78 is 80.1. The highest BCUT2D eigenvalue weighted by atomic mass is 35.5. The monoisotopic (exact) mass is 340 g/mol. The number of rotatable bonds is 2. The van der Waals surface area contributed by atoms with Gasteiger partial charge in [-0.05, 0) is 23.8 Å². The predicted octanol–water partition coefficient (Wildman–Crippen LogP) is 5.92. The number of benzene rings is 2. The maximum atomic E-state index is 13.1. The van der Waals surface area contributed by atoms with E-state index in [1.165, 1.54) is 12.1 Å². The highest BCUT2D eigenvalue weighted by Crippen LogP contribution is 2.42. The number of hydrogen-bond donors (Lipinski definition) is 0. The molecule has 0 aliphatic rings. The summed E-state index contributed by atoms with van der Waals surface area (Å²) in [5, 5.41) is -0.176. The first kappa shape index (κ1) is 16.5. The molecule has 1 nitrogen and oxygen atoms in total. The lowest BCUT2D eigenvalue weighted by Crippen LogP contribution is -2.18. The molecule has 0 heterocycles. The van der Waals surface area contributed by atoms with E-state index in [1.807, 2.05) is 0 Å². The first-order valence-corrected chi connectivity index (χ1v) is 6.17. The lowest BCUT2D eigenvalue weighted by atomic mass is 9.98. The van der Waals surface area contributed by atoms with Gasteiger partial charge in [0.1, 0.15) is 5.75 Å². The Balaban J connectivity index is 2.63. The maximum absolute atomic E-state index is 13.1. The van der Waals surface area contributed by atoms with Crippen molar-refractivity contribution >= 4 is 11.6 Å². The van der Waals surface area contributed by atoms with Gasteiger partial charge in [0.2, 0.25) is 0 Å². The summed E-state index contributed by atoms with van der Waals surface area (Å²) in [6.07, 6.45) is -9.79. The van der Waals surface area contributed by atoms with Crippen LogP contribution in [0.15, 0.2) is 42.5 Å². The largest absolute Gasteiger partial charge is 0.573 e. The van der Waals surface area contributed by atoms with Crippen molar-refractivity contribution in [2.24, 2.45) is 0 Å². The van der Waals surface area contributed by atoms with E-state index in [2.05, 4.69) is 4.74 Å². The zero-order valence-electron chi connectivity index (χ0n) is 10.6. The van der Waals surface area contributed by atoms with Crippen LogP contribution in [0.5, 0.6) is 5.75 Å². The zero-order chi connectivity index (χ0) is 16.5. The molecule has 2 rings (SSSR count). The van der Waals surface area contributed by atoms with Crippen LogP contribution in [0, 0.1) is 0 Å². The van der Waals surface area contributed by atoms with E-state index >= 15 is 0 Å². The molecule has 0 radical (unpaired) electrons. The van der Waals surface area contributed by atoms with E-state index in [4.69, 9.17) is 11.6 Å². The Hall–Kier alpha value is -1.89. The summed E-state index contributed by atoms with van der Waals surface area (Å²) in [6.45, 7) is 0. The Morgan fingerprint density at radius 1 is 0.818 bits per heavy atom. The molecule has 0 amide bonds. The Morgan fingerprint density at radius 3 is 2.05 bits per heavy atom. The van der Waals surface area contributed by atoms with Crippen molar-refractivity contribution < 1.29 is 31.1 Å². The molecule has 0 unspecified atom stereocenters. The third-order valence-corrected chi connectivity index (χ3v) is 2.93. The van der Waals surface area contributed by atoms with Crippen LogP contribution in [-0.4, -0.2) is 6.36 Å². The summed E-state index contributed by atoms with van der Waals surface area (Å²) in [5.41, 5.74) is -1.92. The second kappa shape index (κ2) is 5.72. The second-order valence-corrected chi connectivity index (χ2v) is 4.67. The van der Waals surface area contributed by atoms with Gasteiger partial charge in [0.25, 0.3) is 0 Å². The first-order chi connectivity index (χ1) is 10.1. The van der Waals surface area contributed by atoms with Gasteiger partial charge in [-0.3, -0.25) is 0 Å². The Labute approximate surface area is 126 Å². The van der Waals surface area contributed by atoms with Gasteiger partial charge in [-0.2, -0.15) is 13.2 Å². The molecule has 0 bridgehead atoms. The molecule has 0 aliphatic carbocycles. The lowest BCUT2D eigenvalue weighted by Gasteiger charge is -2.17. The normalized spacial score (nSPS) is 12.3. The van der Waals surface area contributed by atoms with Gasteiger partial charge in [-0.25, -0.2) is 0 Å². The molecule has 8 heteroatoms. The first-order valence-electron chi connectivity index (χ1n) is 5.80. The molecule has 0 N–H and O–H groups in total. The molecule has 2 aromatic carbocycles. The standard InChI is InChI=1S/C14H7ClF6O/c15-8-5-6-9(11(7-8)13(16,17)18)10-3-1-2-4-12(10)22-14(19,20)21/h1-7H. The van der Waals surface area contributed by atoms with Gasteiger partial charge in [-0.15, -0.1) is 13.2 Å². The van der Waals surface area contributed by atoms with Crippen LogP contribution in [0.2, 0.25) is 5.02 Å². The fourth-order valence-corrected chi connectivity index (χ4v) is 2.06. The number of alkyl halides is 6. The molecule has 0 atom stereocenters. The molecule has 0 saturated heterocycles. The van der Waals surface area contributed by atoms with Crippen molar-refractivity contribution in [2.75, 3.05) is 0 Å². The molecule has 0 fully saturated rings. The third-order valence-electron chi connectivity index (χ3n) is 2.69. The lowest BCUT2D eigenvalue weighted by molar-refractivity contribution is -0.274. The Kier molecular flexibility index (Phi) is 4.28. The van der Waals surface area contributed by atoms with Crippen molar-refractivity contribution in [3.05, 3.63) is 53.1 Å². The Bertz CT molecular complexity index is 678. The van der Waals surface area contributed by atoms with E-state index in [-0.39, 0.29) is 10.6 Å². The van der Waals surface area contributed by atoms with Crippen molar-refractivity contribution in [3.8, 4) is 16.9 Å². The van der Waals surface area contributed by atoms with Crippen LogP contribution in [-0.2, 0) is 6.18 Å². The second-order valence-electron chi connectivity index (χ2n) is 4.23. The highest BCUT2D eigenvalue weighted by Gasteiger charge is 2.36. The van der Waals surface area contributed by atoms with Crippen molar-refractivity contribution in [2.45, 2.75) is 12.5 Å². The van der Waals surface area contributed by atoms with Gasteiger partial charge >= 0.3 is 12.5 Å². The summed E-state index contributed by atoms with van der Waals surface area (Å²) in [7, 11) is 0. The van der Waals surface area contributed by atoms with Gasteiger partial charge in [0.15, 0.2) is 0 Å². The van der Waals surface area contributed by atoms with E-state index in [0.717, 1.165) is 24.3 Å². The minimum absolute atomic E-state index is 0.176. The summed E-state index contributed by atoms with van der Waals surface area (Å²) >= 11 is 5.55. The zero-order valence-corrected chi connectivity index (χ0v) is 11.4. The molecule has 2 aromatic rings. The average Bonchev–Trinajstić information content (AvgIpc) is 2.37. The van der Waals surface area contributed by atoms with Crippen molar-refractivity contribution in [1.29, 1.82) is 0 Å². The van der Waals surface area contributed by atoms with Crippen LogP contribution in [0.25, 0.3) is 11.1 Å². The van der Waals surface area contributed by atoms with Gasteiger partial charge < -0.3 is 4.74 Å². The quantitative estimate of drug-likeness (QED) is 0.616. The van der Waals surface area contributed by atoms with Crippen molar-refractivity contribution in [1.82, 2.24) is 0 Å². The highest BCUT2D eigenvalue weighted by molar-refractivity contribution is 6.30.